The molecule has 8 heteroatoms. The number of anilines is 1. The Labute approximate surface area is 137 Å². The van der Waals surface area contributed by atoms with Crippen LogP contribution in [0.1, 0.15) is 23.9 Å². The predicted molar refractivity (Wildman–Crippen MR) is 82.4 cm³/mol. The maximum Gasteiger partial charge on any atom is 0.344 e. The zero-order valence-corrected chi connectivity index (χ0v) is 13.4. The van der Waals surface area contributed by atoms with E-state index in [0.29, 0.717) is 17.0 Å². The summed E-state index contributed by atoms with van der Waals surface area (Å²) in [5, 5.41) is 15.1. The lowest BCUT2D eigenvalue weighted by Crippen LogP contribution is -2.23. The van der Waals surface area contributed by atoms with Crippen LogP contribution in [-0.4, -0.2) is 28.2 Å². The molecule has 0 saturated heterocycles. The third-order valence-electron chi connectivity index (χ3n) is 3.39. The van der Waals surface area contributed by atoms with Gasteiger partial charge in [0.2, 0.25) is 5.91 Å². The normalized spacial score (nSPS) is 11.8. The number of rotatable bonds is 6. The summed E-state index contributed by atoms with van der Waals surface area (Å²) in [6.45, 7) is 4.73. The molecule has 1 atom stereocenters. The van der Waals surface area contributed by atoms with Crippen LogP contribution in [0.3, 0.4) is 0 Å². The van der Waals surface area contributed by atoms with Crippen LogP contribution in [0.4, 0.5) is 10.1 Å². The van der Waals surface area contributed by atoms with E-state index >= 15 is 0 Å². The third-order valence-corrected chi connectivity index (χ3v) is 3.39. The molecule has 0 fully saturated rings. The summed E-state index contributed by atoms with van der Waals surface area (Å²) >= 11 is 0. The number of carboxylic acids is 1. The van der Waals surface area contributed by atoms with Crippen molar-refractivity contribution in [3.05, 3.63) is 41.0 Å². The van der Waals surface area contributed by atoms with Crippen molar-refractivity contribution in [1.82, 2.24) is 5.16 Å². The summed E-state index contributed by atoms with van der Waals surface area (Å²) in [6, 6.07) is 3.76. The number of amides is 1. The molecule has 2 aromatic rings. The molecule has 0 radical (unpaired) electrons. The molecule has 1 amide bonds. The second-order valence-corrected chi connectivity index (χ2v) is 5.27. The van der Waals surface area contributed by atoms with Gasteiger partial charge < -0.3 is 19.7 Å². The molecule has 0 aliphatic rings. The van der Waals surface area contributed by atoms with Crippen molar-refractivity contribution in [1.29, 1.82) is 0 Å². The number of aliphatic carboxylic acids is 1. The van der Waals surface area contributed by atoms with Crippen LogP contribution in [0.2, 0.25) is 0 Å². The molecule has 0 spiro atoms. The molecular formula is C16H17FN2O5. The minimum Gasteiger partial charge on any atom is -0.479 e. The number of ether oxygens (including phenoxy) is 1. The summed E-state index contributed by atoms with van der Waals surface area (Å²) in [5.74, 6) is -1.96. The van der Waals surface area contributed by atoms with Crippen molar-refractivity contribution >= 4 is 17.6 Å². The van der Waals surface area contributed by atoms with Gasteiger partial charge in [0, 0.05) is 17.3 Å². The smallest absolute Gasteiger partial charge is 0.344 e. The number of nitrogens with one attached hydrogen (secondary N) is 1. The second kappa shape index (κ2) is 7.12. The molecule has 1 aromatic carbocycles. The van der Waals surface area contributed by atoms with Crippen molar-refractivity contribution in [2.75, 3.05) is 5.32 Å². The Balaban J connectivity index is 2.04. The van der Waals surface area contributed by atoms with E-state index in [1.165, 1.54) is 19.1 Å². The average Bonchev–Trinajstić information content (AvgIpc) is 2.81. The SMILES string of the molecule is Cc1noc(C)c1CC(=O)Nc1ccc(OC(C)C(=O)O)c(F)c1. The van der Waals surface area contributed by atoms with Crippen LogP contribution in [0.25, 0.3) is 0 Å². The lowest BCUT2D eigenvalue weighted by Gasteiger charge is -2.12. The predicted octanol–water partition coefficient (Wildman–Crippen LogP) is 2.46. The number of hydrogen-bond acceptors (Lipinski definition) is 5. The quantitative estimate of drug-likeness (QED) is 0.840. The molecule has 1 unspecified atom stereocenters. The number of benzene rings is 1. The van der Waals surface area contributed by atoms with Crippen molar-refractivity contribution < 1.29 is 28.3 Å². The number of hydrogen-bond donors (Lipinski definition) is 2. The van der Waals surface area contributed by atoms with Crippen LogP contribution < -0.4 is 10.1 Å². The summed E-state index contributed by atoms with van der Waals surface area (Å²) < 4.78 is 23.9. The lowest BCUT2D eigenvalue weighted by molar-refractivity contribution is -0.144. The number of aryl methyl sites for hydroxylation is 2. The van der Waals surface area contributed by atoms with E-state index in [9.17, 15) is 14.0 Å². The monoisotopic (exact) mass is 336 g/mol. The highest BCUT2D eigenvalue weighted by Gasteiger charge is 2.17. The lowest BCUT2D eigenvalue weighted by atomic mass is 10.1. The number of halogens is 1. The van der Waals surface area contributed by atoms with E-state index in [0.717, 1.165) is 6.07 Å². The molecular weight excluding hydrogens is 319 g/mol. The van der Waals surface area contributed by atoms with E-state index in [1.807, 2.05) is 0 Å². The van der Waals surface area contributed by atoms with Crippen LogP contribution >= 0.6 is 0 Å². The third kappa shape index (κ3) is 4.09. The fourth-order valence-corrected chi connectivity index (χ4v) is 2.04. The Hall–Kier alpha value is -2.90. The van der Waals surface area contributed by atoms with Crippen LogP contribution in [-0.2, 0) is 16.0 Å². The van der Waals surface area contributed by atoms with Gasteiger partial charge in [0.05, 0.1) is 12.1 Å². The molecule has 24 heavy (non-hydrogen) atoms. The van der Waals surface area contributed by atoms with E-state index in [4.69, 9.17) is 14.4 Å². The van der Waals surface area contributed by atoms with Gasteiger partial charge in [0.25, 0.3) is 0 Å². The highest BCUT2D eigenvalue weighted by molar-refractivity contribution is 5.92. The Kier molecular flexibility index (Phi) is 5.18. The molecule has 0 aliphatic heterocycles. The summed E-state index contributed by atoms with van der Waals surface area (Å²) in [5.41, 5.74) is 1.54. The Morgan fingerprint density at radius 3 is 2.67 bits per heavy atom. The Morgan fingerprint density at radius 2 is 2.12 bits per heavy atom. The molecule has 7 nitrogen and oxygen atoms in total. The highest BCUT2D eigenvalue weighted by atomic mass is 19.1. The molecule has 0 bridgehead atoms. The number of carboxylic acid groups (broad SMARTS) is 1. The van der Waals surface area contributed by atoms with Crippen molar-refractivity contribution in [2.24, 2.45) is 0 Å². The molecule has 0 saturated carbocycles. The second-order valence-electron chi connectivity index (χ2n) is 5.27. The van der Waals surface area contributed by atoms with Gasteiger partial charge in [0.15, 0.2) is 17.7 Å². The summed E-state index contributed by atoms with van der Waals surface area (Å²) in [7, 11) is 0. The standard InChI is InChI=1S/C16H17FN2O5/c1-8-12(9(2)24-19-8)7-15(20)18-11-4-5-14(13(17)6-11)23-10(3)16(21)22/h4-6,10H,7H2,1-3H3,(H,18,20)(H,21,22). The largest absolute Gasteiger partial charge is 0.479 e. The number of carbonyl (C=O) groups is 2. The van der Waals surface area contributed by atoms with E-state index < -0.39 is 17.9 Å². The first-order valence-electron chi connectivity index (χ1n) is 7.18. The topological polar surface area (TPSA) is 102 Å². The van der Waals surface area contributed by atoms with Gasteiger partial charge in [-0.3, -0.25) is 4.79 Å². The van der Waals surface area contributed by atoms with Crippen molar-refractivity contribution in [3.63, 3.8) is 0 Å². The number of aromatic nitrogens is 1. The number of nitrogens with zero attached hydrogens (tertiary/aromatic N) is 1. The average molecular weight is 336 g/mol. The molecule has 1 aromatic heterocycles. The van der Waals surface area contributed by atoms with Crippen molar-refractivity contribution in [3.8, 4) is 5.75 Å². The van der Waals surface area contributed by atoms with Gasteiger partial charge in [-0.1, -0.05) is 5.16 Å². The van der Waals surface area contributed by atoms with Crippen LogP contribution in [0.15, 0.2) is 22.7 Å². The fourth-order valence-electron chi connectivity index (χ4n) is 2.04. The minimum absolute atomic E-state index is 0.0527. The van der Waals surface area contributed by atoms with Gasteiger partial charge in [-0.2, -0.15) is 0 Å². The maximum atomic E-state index is 13.9. The molecule has 2 rings (SSSR count). The van der Waals surface area contributed by atoms with E-state index in [2.05, 4.69) is 10.5 Å². The Morgan fingerprint density at radius 1 is 1.42 bits per heavy atom. The minimum atomic E-state index is -1.20. The zero-order chi connectivity index (χ0) is 17.9. The molecule has 0 aliphatic carbocycles. The van der Waals surface area contributed by atoms with E-state index in [1.54, 1.807) is 13.8 Å². The van der Waals surface area contributed by atoms with Gasteiger partial charge in [-0.05, 0) is 32.9 Å². The molecule has 128 valence electrons. The van der Waals surface area contributed by atoms with Crippen LogP contribution in [0.5, 0.6) is 5.75 Å². The first-order valence-corrected chi connectivity index (χ1v) is 7.18. The fraction of sp³-hybridized carbons (Fsp3) is 0.312. The Bertz CT molecular complexity index is 752. The van der Waals surface area contributed by atoms with Gasteiger partial charge in [0.1, 0.15) is 5.76 Å². The van der Waals surface area contributed by atoms with Gasteiger partial charge in [-0.25, -0.2) is 9.18 Å². The first-order chi connectivity index (χ1) is 11.3. The van der Waals surface area contributed by atoms with Gasteiger partial charge in [-0.15, -0.1) is 0 Å². The maximum absolute atomic E-state index is 13.9. The summed E-state index contributed by atoms with van der Waals surface area (Å²) in [4.78, 5) is 22.8. The molecule has 1 heterocycles. The van der Waals surface area contributed by atoms with E-state index in [-0.39, 0.29) is 23.8 Å². The molecule has 2 N–H and O–H groups in total. The number of carbonyl (C=O) groups excluding carboxylic acids is 1. The first kappa shape index (κ1) is 17.5. The zero-order valence-electron chi connectivity index (χ0n) is 13.4. The van der Waals surface area contributed by atoms with Crippen LogP contribution in [0, 0.1) is 19.7 Å². The highest BCUT2D eigenvalue weighted by Crippen LogP contribution is 2.23. The van der Waals surface area contributed by atoms with Gasteiger partial charge >= 0.3 is 5.97 Å². The summed E-state index contributed by atoms with van der Waals surface area (Å²) in [6.07, 6.45) is -1.13. The van der Waals surface area contributed by atoms with Crippen molar-refractivity contribution in [2.45, 2.75) is 33.3 Å².